The summed E-state index contributed by atoms with van der Waals surface area (Å²) in [6.07, 6.45) is 5.14. The van der Waals surface area contributed by atoms with E-state index in [1.54, 1.807) is 0 Å². The Morgan fingerprint density at radius 2 is 1.67 bits per heavy atom. The van der Waals surface area contributed by atoms with Gasteiger partial charge < -0.3 is 0 Å². The van der Waals surface area contributed by atoms with Gasteiger partial charge in [-0.3, -0.25) is 5.43 Å². The molecule has 0 heterocycles. The molecule has 74 valence electrons. The lowest BCUT2D eigenvalue weighted by Gasteiger charge is -2.20. The second-order valence-corrected chi connectivity index (χ2v) is 3.19. The minimum Gasteiger partial charge on any atom is -0.255 e. The van der Waals surface area contributed by atoms with Gasteiger partial charge in [0.15, 0.2) is 0 Å². The summed E-state index contributed by atoms with van der Waals surface area (Å²) < 4.78 is 0. The van der Waals surface area contributed by atoms with Crippen LogP contribution < -0.4 is 5.43 Å². The van der Waals surface area contributed by atoms with Crippen LogP contribution in [0.5, 0.6) is 0 Å². The molecule has 0 aliphatic heterocycles. The van der Waals surface area contributed by atoms with Gasteiger partial charge >= 0.3 is 0 Å². The molecule has 0 fully saturated rings. The van der Waals surface area contributed by atoms with E-state index in [0.29, 0.717) is 0 Å². The minimum atomic E-state index is 1.11. The fourth-order valence-corrected chi connectivity index (χ4v) is 1.11. The van der Waals surface area contributed by atoms with Crippen LogP contribution >= 0.6 is 0 Å². The topological polar surface area (TPSA) is 15.3 Å². The van der Waals surface area contributed by atoms with Gasteiger partial charge in [0.2, 0.25) is 0 Å². The summed E-state index contributed by atoms with van der Waals surface area (Å²) in [5.41, 5.74) is 3.44. The lowest BCUT2D eigenvalue weighted by Crippen LogP contribution is -2.39. The van der Waals surface area contributed by atoms with Crippen molar-refractivity contribution in [1.29, 1.82) is 0 Å². The molecule has 0 aromatic rings. The van der Waals surface area contributed by atoms with Crippen LogP contribution in [0.25, 0.3) is 0 Å². The van der Waals surface area contributed by atoms with Crippen LogP contribution in [0.4, 0.5) is 0 Å². The first-order valence-electron chi connectivity index (χ1n) is 5.33. The van der Waals surface area contributed by atoms with E-state index in [0.717, 1.165) is 13.1 Å². The number of hydrogen-bond donors (Lipinski definition) is 1. The Kier molecular flexibility index (Phi) is 8.95. The molecule has 2 nitrogen and oxygen atoms in total. The molecular weight excluding hydrogens is 148 g/mol. The molecule has 2 heteroatoms. The van der Waals surface area contributed by atoms with Crippen molar-refractivity contribution in [2.45, 2.75) is 46.5 Å². The Morgan fingerprint density at radius 3 is 2.17 bits per heavy atom. The van der Waals surface area contributed by atoms with E-state index < -0.39 is 0 Å². The van der Waals surface area contributed by atoms with Gasteiger partial charge in [0.1, 0.15) is 0 Å². The first-order valence-corrected chi connectivity index (χ1v) is 5.33. The van der Waals surface area contributed by atoms with Gasteiger partial charge in [0.05, 0.1) is 0 Å². The molecule has 0 aliphatic carbocycles. The molecule has 0 atom stereocenters. The average Bonchev–Trinajstić information content (AvgIpc) is 2.11. The number of nitrogens with zero attached hydrogens (tertiary/aromatic N) is 1. The largest absolute Gasteiger partial charge is 0.255 e. The van der Waals surface area contributed by atoms with Gasteiger partial charge in [0.25, 0.3) is 0 Å². The molecule has 0 aromatic heterocycles. The van der Waals surface area contributed by atoms with Crippen molar-refractivity contribution in [3.8, 4) is 0 Å². The Balaban J connectivity index is 3.26. The highest BCUT2D eigenvalue weighted by molar-refractivity contribution is 4.49. The summed E-state index contributed by atoms with van der Waals surface area (Å²) in [4.78, 5) is 0. The van der Waals surface area contributed by atoms with Crippen molar-refractivity contribution < 1.29 is 0 Å². The maximum Gasteiger partial charge on any atom is 0.0130 e. The molecule has 0 rings (SSSR count). The fourth-order valence-electron chi connectivity index (χ4n) is 1.11. The third-order valence-electron chi connectivity index (χ3n) is 2.03. The first-order chi connectivity index (χ1) is 5.85. The minimum absolute atomic E-state index is 1.11. The molecule has 0 aromatic carbocycles. The molecule has 0 aliphatic rings. The van der Waals surface area contributed by atoms with E-state index in [2.05, 4.69) is 31.2 Å². The quantitative estimate of drug-likeness (QED) is 0.447. The van der Waals surface area contributed by atoms with Gasteiger partial charge in [-0.1, -0.05) is 33.6 Å². The van der Waals surface area contributed by atoms with Crippen LogP contribution in [0.2, 0.25) is 0 Å². The monoisotopic (exact) mass is 172 g/mol. The zero-order valence-corrected chi connectivity index (χ0v) is 8.90. The van der Waals surface area contributed by atoms with Crippen molar-refractivity contribution >= 4 is 0 Å². The highest BCUT2D eigenvalue weighted by Gasteiger charge is 1.98. The van der Waals surface area contributed by atoms with Crippen molar-refractivity contribution in [2.75, 3.05) is 19.6 Å². The molecule has 0 saturated carbocycles. The molecule has 12 heavy (non-hydrogen) atoms. The molecule has 0 unspecified atom stereocenters. The molecular formula is C10H24N2. The van der Waals surface area contributed by atoms with E-state index in [9.17, 15) is 0 Å². The van der Waals surface area contributed by atoms with Crippen LogP contribution in [-0.4, -0.2) is 24.6 Å². The van der Waals surface area contributed by atoms with Crippen molar-refractivity contribution in [3.05, 3.63) is 0 Å². The number of rotatable bonds is 8. The Labute approximate surface area is 77.3 Å². The van der Waals surface area contributed by atoms with Crippen molar-refractivity contribution in [3.63, 3.8) is 0 Å². The van der Waals surface area contributed by atoms with Gasteiger partial charge in [-0.15, -0.1) is 0 Å². The molecule has 0 spiro atoms. The van der Waals surface area contributed by atoms with E-state index in [-0.39, 0.29) is 0 Å². The fraction of sp³-hybridized carbons (Fsp3) is 1.00. The molecule has 0 saturated heterocycles. The standard InChI is InChI=1S/C10H24N2/c1-4-7-9-11-12(6-3)10-8-5-2/h11H,4-10H2,1-3H3. The zero-order valence-electron chi connectivity index (χ0n) is 8.90. The normalized spacial score (nSPS) is 11.0. The second-order valence-electron chi connectivity index (χ2n) is 3.19. The van der Waals surface area contributed by atoms with Crippen LogP contribution in [0.15, 0.2) is 0 Å². The zero-order chi connectivity index (χ0) is 9.23. The first kappa shape index (κ1) is 11.9. The molecule has 0 amide bonds. The van der Waals surface area contributed by atoms with Crippen LogP contribution in [0.1, 0.15) is 46.5 Å². The summed E-state index contributed by atoms with van der Waals surface area (Å²) in [7, 11) is 0. The maximum absolute atomic E-state index is 3.44. The van der Waals surface area contributed by atoms with Crippen molar-refractivity contribution in [2.24, 2.45) is 0 Å². The van der Waals surface area contributed by atoms with Crippen LogP contribution in [0, 0.1) is 0 Å². The SMILES string of the molecule is CCCCNN(CC)CCCC. The number of hydrazine groups is 1. The van der Waals surface area contributed by atoms with Gasteiger partial charge in [-0.2, -0.15) is 0 Å². The van der Waals surface area contributed by atoms with Gasteiger partial charge in [-0.05, 0) is 12.8 Å². The summed E-state index contributed by atoms with van der Waals surface area (Å²) in [5, 5.41) is 2.32. The predicted molar refractivity (Wildman–Crippen MR) is 55.1 cm³/mol. The Bertz CT molecular complexity index is 83.9. The van der Waals surface area contributed by atoms with E-state index in [1.807, 2.05) is 0 Å². The summed E-state index contributed by atoms with van der Waals surface area (Å²) in [5.74, 6) is 0. The van der Waals surface area contributed by atoms with Crippen molar-refractivity contribution in [1.82, 2.24) is 10.4 Å². The van der Waals surface area contributed by atoms with E-state index >= 15 is 0 Å². The van der Waals surface area contributed by atoms with Crippen LogP contribution in [0.3, 0.4) is 0 Å². The van der Waals surface area contributed by atoms with Crippen LogP contribution in [-0.2, 0) is 0 Å². The smallest absolute Gasteiger partial charge is 0.0130 e. The Hall–Kier alpha value is -0.0800. The summed E-state index contributed by atoms with van der Waals surface area (Å²) in [6.45, 7) is 10.1. The number of hydrogen-bond acceptors (Lipinski definition) is 2. The van der Waals surface area contributed by atoms with Gasteiger partial charge in [-0.25, -0.2) is 5.01 Å². The highest BCUT2D eigenvalue weighted by atomic mass is 15.5. The molecule has 0 radical (unpaired) electrons. The third-order valence-corrected chi connectivity index (χ3v) is 2.03. The molecule has 0 bridgehead atoms. The highest BCUT2D eigenvalue weighted by Crippen LogP contribution is 1.91. The summed E-state index contributed by atoms with van der Waals surface area (Å²) >= 11 is 0. The average molecular weight is 172 g/mol. The number of unbranched alkanes of at least 4 members (excludes halogenated alkanes) is 2. The Morgan fingerprint density at radius 1 is 1.00 bits per heavy atom. The lowest BCUT2D eigenvalue weighted by molar-refractivity contribution is 0.194. The lowest BCUT2D eigenvalue weighted by atomic mass is 10.3. The van der Waals surface area contributed by atoms with E-state index in [4.69, 9.17) is 0 Å². The number of nitrogens with one attached hydrogen (secondary N) is 1. The third kappa shape index (κ3) is 6.62. The second kappa shape index (κ2) is 9.01. The maximum atomic E-state index is 3.44. The predicted octanol–water partition coefficient (Wildman–Crippen LogP) is 2.41. The summed E-state index contributed by atoms with van der Waals surface area (Å²) in [6, 6.07) is 0. The van der Waals surface area contributed by atoms with Gasteiger partial charge in [0, 0.05) is 19.6 Å². The molecule has 1 N–H and O–H groups in total. The van der Waals surface area contributed by atoms with E-state index in [1.165, 1.54) is 32.2 Å².